The summed E-state index contributed by atoms with van der Waals surface area (Å²) in [7, 11) is 0. The highest BCUT2D eigenvalue weighted by atomic mass is 16.3. The summed E-state index contributed by atoms with van der Waals surface area (Å²) in [5.41, 5.74) is 19.9. The van der Waals surface area contributed by atoms with Gasteiger partial charge in [-0.05, 0) is 111 Å². The SMILES string of the molecule is N#Cc1c(-n2c3ccc(-c4ccc5oc6ccccc6c5c4)cc3c3cc(-c4ccc5oc6ccccc6c5c4)ccc32)c(C#N)c2c3c1-n1c4ccccc4c4cccc(c41)B3c1cccc3c4ccccc4n-2c13. The van der Waals surface area contributed by atoms with E-state index in [1.807, 2.05) is 24.3 Å². The topological polar surface area (TPSA) is 88.7 Å². The first kappa shape index (κ1) is 40.0. The average Bonchev–Trinajstić information content (AvgIpc) is 4.34. The number of para-hydroxylation sites is 6. The quantitative estimate of drug-likeness (QED) is 0.165. The van der Waals surface area contributed by atoms with Crippen molar-refractivity contribution >= 4 is 132 Å². The Balaban J connectivity index is 0.994. The number of hydrogen-bond acceptors (Lipinski definition) is 4. The Morgan fingerprint density at radius 1 is 0.316 bits per heavy atom. The second-order valence-corrected chi connectivity index (χ2v) is 20.5. The number of aromatic nitrogens is 3. The summed E-state index contributed by atoms with van der Waals surface area (Å²) in [5, 5.41) is 35.1. The molecule has 0 spiro atoms. The van der Waals surface area contributed by atoms with Crippen LogP contribution in [0.4, 0.5) is 0 Å². The van der Waals surface area contributed by atoms with Gasteiger partial charge in [0, 0.05) is 64.9 Å². The van der Waals surface area contributed by atoms with Crippen molar-refractivity contribution in [3.8, 4) is 51.5 Å². The first-order chi connectivity index (χ1) is 37.6. The third-order valence-corrected chi connectivity index (χ3v) is 16.9. The largest absolute Gasteiger partial charge is 0.456 e. The Bertz CT molecular complexity index is 5140. The molecule has 0 aliphatic carbocycles. The zero-order chi connectivity index (χ0) is 49.7. The van der Waals surface area contributed by atoms with Crippen molar-refractivity contribution in [3.63, 3.8) is 0 Å². The lowest BCUT2D eigenvalue weighted by molar-refractivity contribution is 0.668. The molecule has 2 aliphatic heterocycles. The van der Waals surface area contributed by atoms with Crippen LogP contribution in [0.5, 0.6) is 0 Å². The van der Waals surface area contributed by atoms with Crippen LogP contribution in [0.15, 0.2) is 215 Å². The van der Waals surface area contributed by atoms with E-state index >= 15 is 0 Å². The Labute approximate surface area is 432 Å². The van der Waals surface area contributed by atoms with E-state index in [2.05, 4.69) is 208 Å². The predicted molar refractivity (Wildman–Crippen MR) is 309 cm³/mol. The molecule has 0 radical (unpaired) electrons. The van der Waals surface area contributed by atoms with Gasteiger partial charge in [-0.3, -0.25) is 0 Å². The highest BCUT2D eigenvalue weighted by Crippen LogP contribution is 2.46. The van der Waals surface area contributed by atoms with Crippen LogP contribution in [0.3, 0.4) is 0 Å². The molecule has 346 valence electrons. The Morgan fingerprint density at radius 3 is 1.17 bits per heavy atom. The van der Waals surface area contributed by atoms with Crippen molar-refractivity contribution < 1.29 is 8.83 Å². The van der Waals surface area contributed by atoms with Crippen LogP contribution in [0.25, 0.3) is 149 Å². The van der Waals surface area contributed by atoms with Crippen LogP contribution in [-0.4, -0.2) is 20.4 Å². The van der Waals surface area contributed by atoms with E-state index in [4.69, 9.17) is 8.83 Å². The Morgan fingerprint density at radius 2 is 0.697 bits per heavy atom. The minimum atomic E-state index is -0.253. The normalized spacial score (nSPS) is 12.7. The number of nitrogens with zero attached hydrogens (tertiary/aromatic N) is 5. The van der Waals surface area contributed by atoms with E-state index in [-0.39, 0.29) is 6.71 Å². The molecule has 0 N–H and O–H groups in total. The summed E-state index contributed by atoms with van der Waals surface area (Å²) < 4.78 is 19.5. The molecule has 76 heavy (non-hydrogen) atoms. The van der Waals surface area contributed by atoms with Crippen LogP contribution >= 0.6 is 0 Å². The lowest BCUT2D eigenvalue weighted by Crippen LogP contribution is -2.60. The fraction of sp³-hybridized carbons (Fsp3) is 0. The van der Waals surface area contributed by atoms with E-state index in [1.54, 1.807) is 0 Å². The van der Waals surface area contributed by atoms with Gasteiger partial charge in [-0.25, -0.2) is 0 Å². The predicted octanol–water partition coefficient (Wildman–Crippen LogP) is 15.0. The van der Waals surface area contributed by atoms with Crippen LogP contribution < -0.4 is 16.4 Å². The van der Waals surface area contributed by atoms with Crippen molar-refractivity contribution in [1.82, 2.24) is 13.7 Å². The van der Waals surface area contributed by atoms with Crippen molar-refractivity contribution in [2.45, 2.75) is 0 Å². The first-order valence-electron chi connectivity index (χ1n) is 25.6. The Kier molecular flexibility index (Phi) is 7.45. The third-order valence-electron chi connectivity index (χ3n) is 16.9. The molecule has 7 nitrogen and oxygen atoms in total. The standard InChI is InChI=1S/C68H34BN5O2/c70-35-51-64(52(36-71)68-63-67(51)73-55-19-5-1-11-41(55)45-15-9-17-53(65(45)73)69(63)54-18-10-16-46-42-12-2-6-20-56(42)74(68)66(46)54)72-57-27-23-37(39-25-29-61-49(33-39)43-13-3-7-21-59(43)75-61)31-47(57)48-32-38(24-28-58(48)72)40-26-30-62-50(34-40)44-14-4-8-22-60(44)76-62/h1-34H. The van der Waals surface area contributed by atoms with E-state index in [9.17, 15) is 10.5 Å². The van der Waals surface area contributed by atoms with Gasteiger partial charge in [0.15, 0.2) is 0 Å². The van der Waals surface area contributed by atoms with Gasteiger partial charge in [-0.2, -0.15) is 10.5 Å². The first-order valence-corrected chi connectivity index (χ1v) is 25.6. The van der Waals surface area contributed by atoms with Crippen molar-refractivity contribution in [2.24, 2.45) is 0 Å². The molecule has 5 aromatic heterocycles. The Hall–Kier alpha value is -10.5. The lowest BCUT2D eigenvalue weighted by atomic mass is 9.34. The van der Waals surface area contributed by atoms with Gasteiger partial charge in [0.2, 0.25) is 0 Å². The lowest BCUT2D eigenvalue weighted by Gasteiger charge is -2.35. The highest BCUT2D eigenvalue weighted by molar-refractivity contribution is 7.00. The fourth-order valence-corrected chi connectivity index (χ4v) is 13.8. The van der Waals surface area contributed by atoms with Gasteiger partial charge in [-0.1, -0.05) is 133 Å². The number of rotatable bonds is 3. The maximum Gasteiger partial charge on any atom is 0.252 e. The zero-order valence-electron chi connectivity index (χ0n) is 40.3. The molecule has 18 rings (SSSR count). The monoisotopic (exact) mass is 963 g/mol. The number of hydrogen-bond donors (Lipinski definition) is 0. The number of furan rings is 2. The molecule has 7 heterocycles. The molecule has 2 aliphatic rings. The molecular formula is C68H34BN5O2. The minimum absolute atomic E-state index is 0.253. The van der Waals surface area contributed by atoms with Crippen molar-refractivity contribution in [3.05, 3.63) is 217 Å². The molecule has 0 amide bonds. The van der Waals surface area contributed by atoms with Crippen LogP contribution in [-0.2, 0) is 0 Å². The summed E-state index contributed by atoms with van der Waals surface area (Å²) in [6.07, 6.45) is 0. The summed E-state index contributed by atoms with van der Waals surface area (Å²) >= 11 is 0. The van der Waals surface area contributed by atoms with Crippen molar-refractivity contribution in [2.75, 3.05) is 0 Å². The van der Waals surface area contributed by atoms with Gasteiger partial charge in [0.25, 0.3) is 6.71 Å². The fourth-order valence-electron chi connectivity index (χ4n) is 13.8. The molecule has 0 fully saturated rings. The summed E-state index contributed by atoms with van der Waals surface area (Å²) in [6, 6.07) is 78.5. The van der Waals surface area contributed by atoms with Crippen LogP contribution in [0.1, 0.15) is 11.1 Å². The number of nitriles is 2. The van der Waals surface area contributed by atoms with Gasteiger partial charge in [-0.15, -0.1) is 0 Å². The molecule has 11 aromatic carbocycles. The average molecular weight is 964 g/mol. The van der Waals surface area contributed by atoms with E-state index < -0.39 is 0 Å². The maximum absolute atomic E-state index is 12.2. The molecule has 0 atom stereocenters. The highest BCUT2D eigenvalue weighted by Gasteiger charge is 2.44. The summed E-state index contributed by atoms with van der Waals surface area (Å²) in [6.45, 7) is -0.253. The number of fused-ring (bicyclic) bond motifs is 19. The second kappa shape index (κ2) is 14.1. The smallest absolute Gasteiger partial charge is 0.252 e. The molecule has 0 unspecified atom stereocenters. The molecule has 0 saturated heterocycles. The number of benzene rings is 11. The van der Waals surface area contributed by atoms with Crippen LogP contribution in [0.2, 0.25) is 0 Å². The second-order valence-electron chi connectivity index (χ2n) is 20.5. The molecule has 0 bridgehead atoms. The molecule has 16 aromatic rings. The van der Waals surface area contributed by atoms with E-state index in [1.165, 1.54) is 0 Å². The molecular weight excluding hydrogens is 930 g/mol. The summed E-state index contributed by atoms with van der Waals surface area (Å²) in [4.78, 5) is 0. The van der Waals surface area contributed by atoms with Crippen molar-refractivity contribution in [1.29, 1.82) is 10.5 Å². The molecule has 8 heteroatoms. The minimum Gasteiger partial charge on any atom is -0.456 e. The molecule has 0 saturated carbocycles. The summed E-state index contributed by atoms with van der Waals surface area (Å²) in [5.74, 6) is 0. The van der Waals surface area contributed by atoms with Gasteiger partial charge >= 0.3 is 0 Å². The van der Waals surface area contributed by atoms with Gasteiger partial charge in [0.1, 0.15) is 45.6 Å². The zero-order valence-corrected chi connectivity index (χ0v) is 40.3. The third kappa shape index (κ3) is 4.87. The maximum atomic E-state index is 12.2. The van der Waals surface area contributed by atoms with Gasteiger partial charge < -0.3 is 22.5 Å². The van der Waals surface area contributed by atoms with Crippen LogP contribution in [0, 0.1) is 22.7 Å². The van der Waals surface area contributed by atoms with Gasteiger partial charge in [0.05, 0.1) is 39.1 Å². The van der Waals surface area contributed by atoms with E-state index in [0.717, 1.165) is 159 Å². The van der Waals surface area contributed by atoms with E-state index in [0.29, 0.717) is 16.8 Å².